The van der Waals surface area contributed by atoms with E-state index in [4.69, 9.17) is 0 Å². The van der Waals surface area contributed by atoms with Crippen LogP contribution in [0, 0.1) is 0 Å². The van der Waals surface area contributed by atoms with Crippen LogP contribution < -0.4 is 0 Å². The van der Waals surface area contributed by atoms with Crippen LogP contribution in [0.15, 0.2) is 60.9 Å². The van der Waals surface area contributed by atoms with E-state index < -0.39 is 0 Å². The van der Waals surface area contributed by atoms with Crippen molar-refractivity contribution < 1.29 is 4.79 Å². The number of nitrogens with zero attached hydrogens (tertiary/aromatic N) is 2. The van der Waals surface area contributed by atoms with Gasteiger partial charge in [0.15, 0.2) is 0 Å². The molecule has 2 aromatic carbocycles. The SMILES string of the molecule is O=C(Cc1cncc2ccccc12)N1C[C@@H]2CC[C@H]1c1ccccc12. The first kappa shape index (κ1) is 14.6. The van der Waals surface area contributed by atoms with Gasteiger partial charge in [-0.05, 0) is 34.9 Å². The molecule has 3 heteroatoms. The number of amides is 1. The van der Waals surface area contributed by atoms with Crippen LogP contribution in [-0.2, 0) is 11.2 Å². The van der Waals surface area contributed by atoms with E-state index in [1.807, 2.05) is 24.5 Å². The number of hydrogen-bond donors (Lipinski definition) is 0. The third-order valence-corrected chi connectivity index (χ3v) is 5.79. The zero-order valence-corrected chi connectivity index (χ0v) is 14.1. The summed E-state index contributed by atoms with van der Waals surface area (Å²) in [5.41, 5.74) is 3.84. The summed E-state index contributed by atoms with van der Waals surface area (Å²) in [7, 11) is 0. The number of piperidine rings is 1. The third kappa shape index (κ3) is 2.34. The van der Waals surface area contributed by atoms with E-state index in [9.17, 15) is 4.79 Å². The Labute approximate surface area is 147 Å². The van der Waals surface area contributed by atoms with Crippen molar-refractivity contribution in [3.63, 3.8) is 0 Å². The lowest BCUT2D eigenvalue weighted by atomic mass is 9.75. The summed E-state index contributed by atoms with van der Waals surface area (Å²) in [4.78, 5) is 19.5. The Morgan fingerprint density at radius 3 is 2.72 bits per heavy atom. The van der Waals surface area contributed by atoms with Crippen LogP contribution in [-0.4, -0.2) is 22.3 Å². The van der Waals surface area contributed by atoms with Gasteiger partial charge < -0.3 is 4.90 Å². The number of pyridine rings is 1. The molecule has 2 atom stereocenters. The summed E-state index contributed by atoms with van der Waals surface area (Å²) in [6, 6.07) is 17.1. The van der Waals surface area contributed by atoms with Gasteiger partial charge in [-0.3, -0.25) is 9.78 Å². The minimum Gasteiger partial charge on any atom is -0.335 e. The molecule has 0 spiro atoms. The van der Waals surface area contributed by atoms with Crippen LogP contribution in [0.1, 0.15) is 41.5 Å². The number of rotatable bonds is 2. The molecule has 1 aromatic heterocycles. The van der Waals surface area contributed by atoms with E-state index in [-0.39, 0.29) is 11.9 Å². The van der Waals surface area contributed by atoms with Gasteiger partial charge in [-0.15, -0.1) is 0 Å². The highest BCUT2D eigenvalue weighted by Gasteiger charge is 2.39. The Balaban J connectivity index is 1.46. The monoisotopic (exact) mass is 328 g/mol. The van der Waals surface area contributed by atoms with E-state index in [1.54, 1.807) is 0 Å². The minimum atomic E-state index is 0.224. The number of carbonyl (C=O) groups excluding carboxylic acids is 1. The summed E-state index contributed by atoms with van der Waals surface area (Å²) < 4.78 is 0. The van der Waals surface area contributed by atoms with Crippen molar-refractivity contribution in [1.29, 1.82) is 0 Å². The highest BCUT2D eigenvalue weighted by atomic mass is 16.2. The fourth-order valence-electron chi connectivity index (χ4n) is 4.59. The Morgan fingerprint density at radius 2 is 1.80 bits per heavy atom. The number of benzene rings is 2. The standard InChI is InChI=1S/C22H20N2O/c25-22(11-17-13-23-12-15-5-1-2-6-18(15)17)24-14-16-9-10-21(24)20-8-4-3-7-19(16)20/h1-8,12-13,16,21H,9-11,14H2/t16-,21-/m0/s1. The van der Waals surface area contributed by atoms with Crippen LogP contribution in [0.5, 0.6) is 0 Å². The van der Waals surface area contributed by atoms with Gasteiger partial charge in [0.2, 0.25) is 5.91 Å². The summed E-state index contributed by atoms with van der Waals surface area (Å²) in [6.45, 7) is 0.860. The van der Waals surface area contributed by atoms with Gasteiger partial charge in [0, 0.05) is 30.2 Å². The molecule has 2 bridgehead atoms. The average Bonchev–Trinajstić information content (AvgIpc) is 2.69. The molecule has 25 heavy (non-hydrogen) atoms. The van der Waals surface area contributed by atoms with Crippen molar-refractivity contribution in [3.05, 3.63) is 77.6 Å². The van der Waals surface area contributed by atoms with Crippen molar-refractivity contribution in [3.8, 4) is 0 Å². The molecule has 6 rings (SSSR count). The molecule has 3 heterocycles. The van der Waals surface area contributed by atoms with Crippen LogP contribution in [0.25, 0.3) is 10.8 Å². The van der Waals surface area contributed by atoms with Crippen molar-refractivity contribution in [2.45, 2.75) is 31.2 Å². The fraction of sp³-hybridized carbons (Fsp3) is 0.273. The lowest BCUT2D eigenvalue weighted by molar-refractivity contribution is -0.135. The summed E-state index contributed by atoms with van der Waals surface area (Å²) in [5, 5.41) is 2.23. The molecule has 1 fully saturated rings. The first-order chi connectivity index (χ1) is 12.3. The lowest BCUT2D eigenvalue weighted by Gasteiger charge is -2.46. The first-order valence-electron chi connectivity index (χ1n) is 9.01. The number of hydrogen-bond acceptors (Lipinski definition) is 2. The number of fused-ring (bicyclic) bond motifs is 3. The van der Waals surface area contributed by atoms with Crippen LogP contribution in [0.2, 0.25) is 0 Å². The maximum absolute atomic E-state index is 13.1. The molecular weight excluding hydrogens is 308 g/mol. The second-order valence-electron chi connectivity index (χ2n) is 7.16. The Kier molecular flexibility index (Phi) is 3.34. The van der Waals surface area contributed by atoms with Crippen LogP contribution in [0.4, 0.5) is 0 Å². The highest BCUT2D eigenvalue weighted by Crippen LogP contribution is 2.46. The molecule has 0 saturated carbocycles. The molecule has 1 aliphatic carbocycles. The minimum absolute atomic E-state index is 0.224. The van der Waals surface area contributed by atoms with Crippen molar-refractivity contribution in [2.75, 3.05) is 6.54 Å². The van der Waals surface area contributed by atoms with Gasteiger partial charge >= 0.3 is 0 Å². The van der Waals surface area contributed by atoms with Gasteiger partial charge in [0.25, 0.3) is 0 Å². The highest BCUT2D eigenvalue weighted by molar-refractivity contribution is 5.89. The molecule has 2 aliphatic heterocycles. The largest absolute Gasteiger partial charge is 0.335 e. The normalized spacial score (nSPS) is 21.4. The predicted molar refractivity (Wildman–Crippen MR) is 98.3 cm³/mol. The molecule has 3 aromatic rings. The second-order valence-corrected chi connectivity index (χ2v) is 7.16. The first-order valence-corrected chi connectivity index (χ1v) is 9.01. The van der Waals surface area contributed by atoms with E-state index in [2.05, 4.69) is 46.3 Å². The third-order valence-electron chi connectivity index (χ3n) is 5.79. The molecule has 0 radical (unpaired) electrons. The number of carbonyl (C=O) groups is 1. The molecular formula is C22H20N2O. The zero-order chi connectivity index (χ0) is 16.8. The van der Waals surface area contributed by atoms with E-state index in [0.29, 0.717) is 12.3 Å². The summed E-state index contributed by atoms with van der Waals surface area (Å²) in [6.07, 6.45) is 6.42. The van der Waals surface area contributed by atoms with E-state index >= 15 is 0 Å². The van der Waals surface area contributed by atoms with Gasteiger partial charge in [0.1, 0.15) is 0 Å². The van der Waals surface area contributed by atoms with Gasteiger partial charge in [0.05, 0.1) is 12.5 Å². The Bertz CT molecular complexity index is 960. The van der Waals surface area contributed by atoms with E-state index in [0.717, 1.165) is 29.3 Å². The van der Waals surface area contributed by atoms with E-state index in [1.165, 1.54) is 17.5 Å². The van der Waals surface area contributed by atoms with Gasteiger partial charge in [-0.2, -0.15) is 0 Å². The van der Waals surface area contributed by atoms with Crippen molar-refractivity contribution >= 4 is 16.7 Å². The second kappa shape index (κ2) is 5.69. The molecule has 1 amide bonds. The smallest absolute Gasteiger partial charge is 0.227 e. The van der Waals surface area contributed by atoms with Crippen LogP contribution in [0.3, 0.4) is 0 Å². The van der Waals surface area contributed by atoms with Gasteiger partial charge in [-0.1, -0.05) is 48.5 Å². The number of aromatic nitrogens is 1. The van der Waals surface area contributed by atoms with Crippen LogP contribution >= 0.6 is 0 Å². The molecule has 124 valence electrons. The molecule has 3 aliphatic rings. The maximum atomic E-state index is 13.1. The van der Waals surface area contributed by atoms with Gasteiger partial charge in [-0.25, -0.2) is 0 Å². The summed E-state index contributed by atoms with van der Waals surface area (Å²) in [5.74, 6) is 0.721. The molecule has 0 unspecified atom stereocenters. The average molecular weight is 328 g/mol. The maximum Gasteiger partial charge on any atom is 0.227 e. The lowest BCUT2D eigenvalue weighted by Crippen LogP contribution is -2.46. The topological polar surface area (TPSA) is 33.2 Å². The predicted octanol–water partition coefficient (Wildman–Crippen LogP) is 4.24. The molecule has 1 saturated heterocycles. The Morgan fingerprint density at radius 1 is 1.00 bits per heavy atom. The quantitative estimate of drug-likeness (QED) is 0.705. The molecule has 0 N–H and O–H groups in total. The fourth-order valence-corrected chi connectivity index (χ4v) is 4.59. The van der Waals surface area contributed by atoms with Crippen molar-refractivity contribution in [2.24, 2.45) is 0 Å². The molecule has 3 nitrogen and oxygen atoms in total. The zero-order valence-electron chi connectivity index (χ0n) is 14.1. The summed E-state index contributed by atoms with van der Waals surface area (Å²) >= 11 is 0. The Hall–Kier alpha value is -2.68. The van der Waals surface area contributed by atoms with Crippen molar-refractivity contribution in [1.82, 2.24) is 9.88 Å².